The number of fused-ring (bicyclic) bond motifs is 1. The molecule has 0 aliphatic carbocycles. The van der Waals surface area contributed by atoms with Crippen molar-refractivity contribution in [3.8, 4) is 22.9 Å². The Morgan fingerprint density at radius 2 is 1.71 bits per heavy atom. The van der Waals surface area contributed by atoms with Gasteiger partial charge in [0, 0.05) is 23.1 Å². The standard InChI is InChI=1S/C25H21N3O5S/c1-14-10-16(15(2)27(14)18-6-9-21-22(12-18)33-13-32-21)11-20-23(29)26-25(34)28(24(20)30)17-4-7-19(31-3)8-5-17/h4-12H,13H2,1-3H3,(H,26,29,34)/b20-11+. The zero-order valence-electron chi connectivity index (χ0n) is 18.7. The lowest BCUT2D eigenvalue weighted by atomic mass is 10.1. The van der Waals surface area contributed by atoms with Gasteiger partial charge in [-0.25, -0.2) is 0 Å². The van der Waals surface area contributed by atoms with Gasteiger partial charge in [-0.2, -0.15) is 0 Å². The van der Waals surface area contributed by atoms with Crippen LogP contribution in [0.2, 0.25) is 0 Å². The lowest BCUT2D eigenvalue weighted by Gasteiger charge is -2.29. The molecule has 172 valence electrons. The summed E-state index contributed by atoms with van der Waals surface area (Å²) in [7, 11) is 1.56. The first kappa shape index (κ1) is 21.7. The molecule has 9 heteroatoms. The minimum Gasteiger partial charge on any atom is -0.497 e. The van der Waals surface area contributed by atoms with Crippen LogP contribution in [0.25, 0.3) is 11.8 Å². The van der Waals surface area contributed by atoms with E-state index in [2.05, 4.69) is 5.32 Å². The number of thiocarbonyl (C=S) groups is 1. The molecule has 2 amide bonds. The molecule has 1 saturated heterocycles. The van der Waals surface area contributed by atoms with E-state index in [4.69, 9.17) is 26.4 Å². The van der Waals surface area contributed by atoms with Gasteiger partial charge in [-0.1, -0.05) is 0 Å². The smallest absolute Gasteiger partial charge is 0.270 e. The third-order valence-corrected chi connectivity index (χ3v) is 6.10. The van der Waals surface area contributed by atoms with Gasteiger partial charge in [0.15, 0.2) is 16.6 Å². The summed E-state index contributed by atoms with van der Waals surface area (Å²) < 4.78 is 18.1. The number of hydrogen-bond donors (Lipinski definition) is 1. The number of amides is 2. The molecule has 0 bridgehead atoms. The Morgan fingerprint density at radius 1 is 1.00 bits per heavy atom. The van der Waals surface area contributed by atoms with Crippen molar-refractivity contribution in [1.29, 1.82) is 0 Å². The van der Waals surface area contributed by atoms with Crippen LogP contribution in [0, 0.1) is 13.8 Å². The Morgan fingerprint density at radius 3 is 2.44 bits per heavy atom. The summed E-state index contributed by atoms with van der Waals surface area (Å²) in [5, 5.41) is 2.65. The van der Waals surface area contributed by atoms with E-state index in [0.717, 1.165) is 22.6 Å². The van der Waals surface area contributed by atoms with Gasteiger partial charge in [0.1, 0.15) is 11.3 Å². The number of methoxy groups -OCH3 is 1. The normalized spacial score (nSPS) is 16.3. The first-order chi connectivity index (χ1) is 16.4. The van der Waals surface area contributed by atoms with E-state index in [-0.39, 0.29) is 17.5 Å². The van der Waals surface area contributed by atoms with Crippen molar-refractivity contribution in [3.05, 3.63) is 71.1 Å². The maximum atomic E-state index is 13.3. The van der Waals surface area contributed by atoms with Crippen LogP contribution >= 0.6 is 12.2 Å². The van der Waals surface area contributed by atoms with Gasteiger partial charge in [0.25, 0.3) is 11.8 Å². The predicted octanol–water partition coefficient (Wildman–Crippen LogP) is 3.66. The summed E-state index contributed by atoms with van der Waals surface area (Å²) in [5.74, 6) is 0.998. The Kier molecular flexibility index (Phi) is 5.33. The number of hydrogen-bond acceptors (Lipinski definition) is 6. The Hall–Kier alpha value is -4.11. The zero-order valence-corrected chi connectivity index (χ0v) is 19.6. The van der Waals surface area contributed by atoms with Crippen molar-refractivity contribution in [2.75, 3.05) is 18.8 Å². The summed E-state index contributed by atoms with van der Waals surface area (Å²) in [5.41, 5.74) is 3.98. The highest BCUT2D eigenvalue weighted by Gasteiger charge is 2.34. The molecule has 3 heterocycles. The van der Waals surface area contributed by atoms with Gasteiger partial charge in [-0.15, -0.1) is 0 Å². The lowest BCUT2D eigenvalue weighted by molar-refractivity contribution is -0.122. The fourth-order valence-electron chi connectivity index (χ4n) is 4.13. The molecule has 1 aromatic heterocycles. The molecule has 0 spiro atoms. The second kappa shape index (κ2) is 8.35. The van der Waals surface area contributed by atoms with E-state index < -0.39 is 11.8 Å². The monoisotopic (exact) mass is 475 g/mol. The number of carbonyl (C=O) groups excluding carboxylic acids is 2. The maximum Gasteiger partial charge on any atom is 0.270 e. The third-order valence-electron chi connectivity index (χ3n) is 5.82. The van der Waals surface area contributed by atoms with Crippen LogP contribution in [0.3, 0.4) is 0 Å². The third kappa shape index (κ3) is 3.60. The molecule has 0 unspecified atom stereocenters. The minimum absolute atomic E-state index is 0.00430. The first-order valence-electron chi connectivity index (χ1n) is 10.5. The summed E-state index contributed by atoms with van der Waals surface area (Å²) >= 11 is 5.28. The largest absolute Gasteiger partial charge is 0.497 e. The van der Waals surface area contributed by atoms with Gasteiger partial charge in [-0.3, -0.25) is 19.8 Å². The summed E-state index contributed by atoms with van der Waals surface area (Å²) in [6, 6.07) is 14.5. The molecule has 0 saturated carbocycles. The van der Waals surface area contributed by atoms with Crippen LogP contribution in [-0.4, -0.2) is 35.4 Å². The molecule has 1 fully saturated rings. The number of nitrogens with one attached hydrogen (secondary N) is 1. The van der Waals surface area contributed by atoms with E-state index in [1.54, 1.807) is 37.5 Å². The van der Waals surface area contributed by atoms with Crippen molar-refractivity contribution in [2.24, 2.45) is 0 Å². The average Bonchev–Trinajstić information content (AvgIpc) is 3.40. The Labute approximate surface area is 201 Å². The van der Waals surface area contributed by atoms with Gasteiger partial charge in [0.2, 0.25) is 6.79 Å². The van der Waals surface area contributed by atoms with Crippen molar-refractivity contribution in [2.45, 2.75) is 13.8 Å². The molecule has 2 aromatic carbocycles. The molecule has 5 rings (SSSR count). The first-order valence-corrected chi connectivity index (χ1v) is 10.9. The van der Waals surface area contributed by atoms with Gasteiger partial charge in [0.05, 0.1) is 12.8 Å². The lowest BCUT2D eigenvalue weighted by Crippen LogP contribution is -2.54. The number of carbonyl (C=O) groups is 2. The number of benzene rings is 2. The topological polar surface area (TPSA) is 82.0 Å². The predicted molar refractivity (Wildman–Crippen MR) is 131 cm³/mol. The number of aromatic nitrogens is 1. The summed E-state index contributed by atoms with van der Waals surface area (Å²) in [6.07, 6.45) is 1.60. The molecule has 0 atom stereocenters. The molecule has 2 aliphatic heterocycles. The van der Waals surface area contributed by atoms with E-state index in [1.165, 1.54) is 4.90 Å². The molecular weight excluding hydrogens is 454 g/mol. The molecule has 0 radical (unpaired) electrons. The highest BCUT2D eigenvalue weighted by atomic mass is 32.1. The van der Waals surface area contributed by atoms with Crippen molar-refractivity contribution >= 4 is 40.9 Å². The van der Waals surface area contributed by atoms with Crippen LogP contribution in [0.15, 0.2) is 54.1 Å². The van der Waals surface area contributed by atoms with Crippen molar-refractivity contribution in [1.82, 2.24) is 9.88 Å². The second-order valence-corrected chi connectivity index (χ2v) is 8.24. The fraction of sp³-hybridized carbons (Fsp3) is 0.160. The van der Waals surface area contributed by atoms with Crippen LogP contribution in [-0.2, 0) is 9.59 Å². The van der Waals surface area contributed by atoms with Crippen molar-refractivity contribution < 1.29 is 23.8 Å². The van der Waals surface area contributed by atoms with Crippen LogP contribution in [0.5, 0.6) is 17.2 Å². The van der Waals surface area contributed by atoms with Gasteiger partial charge < -0.3 is 18.8 Å². The average molecular weight is 476 g/mol. The summed E-state index contributed by atoms with van der Waals surface area (Å²) in [4.78, 5) is 27.4. The minimum atomic E-state index is -0.535. The van der Waals surface area contributed by atoms with Crippen molar-refractivity contribution in [3.63, 3.8) is 0 Å². The number of anilines is 1. The van der Waals surface area contributed by atoms with Crippen LogP contribution in [0.1, 0.15) is 17.0 Å². The molecule has 1 N–H and O–H groups in total. The summed E-state index contributed by atoms with van der Waals surface area (Å²) in [6.45, 7) is 4.09. The molecule has 34 heavy (non-hydrogen) atoms. The quantitative estimate of drug-likeness (QED) is 0.352. The number of aryl methyl sites for hydroxylation is 1. The fourth-order valence-corrected chi connectivity index (χ4v) is 4.42. The maximum absolute atomic E-state index is 13.3. The van der Waals surface area contributed by atoms with E-state index in [9.17, 15) is 9.59 Å². The van der Waals surface area contributed by atoms with Gasteiger partial charge in [-0.05, 0) is 80.2 Å². The molecule has 3 aromatic rings. The second-order valence-electron chi connectivity index (χ2n) is 7.86. The van der Waals surface area contributed by atoms with E-state index in [0.29, 0.717) is 22.9 Å². The van der Waals surface area contributed by atoms with E-state index >= 15 is 0 Å². The zero-order chi connectivity index (χ0) is 24.0. The highest BCUT2D eigenvalue weighted by molar-refractivity contribution is 7.80. The Balaban J connectivity index is 1.52. The SMILES string of the molecule is COc1ccc(N2C(=O)/C(=C/c3cc(C)n(-c4ccc5c(c4)OCO5)c3C)C(=O)NC2=S)cc1. The van der Waals surface area contributed by atoms with E-state index in [1.807, 2.05) is 42.7 Å². The number of nitrogens with zero attached hydrogens (tertiary/aromatic N) is 2. The number of rotatable bonds is 4. The number of ether oxygens (including phenoxy) is 3. The molecular formula is C25H21N3O5S. The highest BCUT2D eigenvalue weighted by Crippen LogP contribution is 2.35. The van der Waals surface area contributed by atoms with Crippen LogP contribution in [0.4, 0.5) is 5.69 Å². The van der Waals surface area contributed by atoms with Gasteiger partial charge >= 0.3 is 0 Å². The molecule has 2 aliphatic rings. The molecule has 8 nitrogen and oxygen atoms in total. The Bertz CT molecular complexity index is 1370. The van der Waals surface area contributed by atoms with Crippen LogP contribution < -0.4 is 24.4 Å².